The minimum Gasteiger partial charge on any atom is -0.378 e. The summed E-state index contributed by atoms with van der Waals surface area (Å²) in [5.41, 5.74) is 1.96. The van der Waals surface area contributed by atoms with Gasteiger partial charge in [-0.2, -0.15) is 0 Å². The molecule has 1 heterocycles. The smallest absolute Gasteiger partial charge is 0.255 e. The van der Waals surface area contributed by atoms with Crippen molar-refractivity contribution in [3.05, 3.63) is 54.1 Å². The third-order valence-corrected chi connectivity index (χ3v) is 6.17. The van der Waals surface area contributed by atoms with Gasteiger partial charge in [0.25, 0.3) is 5.91 Å². The Morgan fingerprint density at radius 3 is 2.48 bits per heavy atom. The van der Waals surface area contributed by atoms with Crippen LogP contribution in [0.1, 0.15) is 10.4 Å². The molecule has 1 N–H and O–H groups in total. The summed E-state index contributed by atoms with van der Waals surface area (Å²) in [6, 6.07) is 13.6. The van der Waals surface area contributed by atoms with Crippen LogP contribution in [0.2, 0.25) is 0 Å². The number of nitrogens with one attached hydrogen (secondary N) is 1. The van der Waals surface area contributed by atoms with E-state index in [2.05, 4.69) is 10.2 Å². The topological polar surface area (TPSA) is 79.0 Å². The molecule has 8 heteroatoms. The molecule has 27 heavy (non-hydrogen) atoms. The van der Waals surface area contributed by atoms with Crippen LogP contribution in [-0.4, -0.2) is 59.0 Å². The molecule has 3 rings (SSSR count). The molecule has 0 radical (unpaired) electrons. The number of hydrogen-bond donors (Lipinski definition) is 1. The van der Waals surface area contributed by atoms with E-state index in [1.807, 2.05) is 24.3 Å². The molecule has 0 spiro atoms. The van der Waals surface area contributed by atoms with Crippen LogP contribution in [0.3, 0.4) is 0 Å². The number of anilines is 2. The van der Waals surface area contributed by atoms with Crippen molar-refractivity contribution in [2.75, 3.05) is 50.6 Å². The average molecular weight is 389 g/mol. The second-order valence-electron chi connectivity index (χ2n) is 6.42. The van der Waals surface area contributed by atoms with Gasteiger partial charge in [-0.05, 0) is 36.4 Å². The van der Waals surface area contributed by atoms with E-state index in [4.69, 9.17) is 4.74 Å². The van der Waals surface area contributed by atoms with Crippen molar-refractivity contribution in [2.45, 2.75) is 4.90 Å². The number of carbonyl (C=O) groups excluding carboxylic acids is 1. The number of carbonyl (C=O) groups is 1. The first-order valence-electron chi connectivity index (χ1n) is 8.64. The summed E-state index contributed by atoms with van der Waals surface area (Å²) in [4.78, 5) is 14.9. The lowest BCUT2D eigenvalue weighted by Gasteiger charge is -2.29. The van der Waals surface area contributed by atoms with Crippen LogP contribution in [0.4, 0.5) is 11.4 Å². The molecule has 7 nitrogen and oxygen atoms in total. The van der Waals surface area contributed by atoms with Crippen molar-refractivity contribution in [3.8, 4) is 0 Å². The third kappa shape index (κ3) is 4.47. The van der Waals surface area contributed by atoms with Gasteiger partial charge in [0.15, 0.2) is 0 Å². The predicted octanol–water partition coefficient (Wildman–Crippen LogP) is 2.03. The van der Waals surface area contributed by atoms with Crippen LogP contribution < -0.4 is 10.2 Å². The van der Waals surface area contributed by atoms with Crippen LogP contribution in [0.25, 0.3) is 0 Å². The maximum atomic E-state index is 12.6. The Morgan fingerprint density at radius 2 is 1.78 bits per heavy atom. The van der Waals surface area contributed by atoms with Gasteiger partial charge in [-0.3, -0.25) is 4.79 Å². The molecule has 2 aromatic rings. The number of sulfonamides is 1. The highest BCUT2D eigenvalue weighted by atomic mass is 32.2. The van der Waals surface area contributed by atoms with Gasteiger partial charge in [0, 0.05) is 44.1 Å². The monoisotopic (exact) mass is 389 g/mol. The zero-order valence-electron chi connectivity index (χ0n) is 15.4. The molecule has 0 unspecified atom stereocenters. The number of hydrogen-bond acceptors (Lipinski definition) is 5. The van der Waals surface area contributed by atoms with E-state index in [0.29, 0.717) is 18.9 Å². The molecule has 0 atom stereocenters. The summed E-state index contributed by atoms with van der Waals surface area (Å²) in [6.07, 6.45) is 0. The zero-order chi connectivity index (χ0) is 19.4. The first-order valence-corrected chi connectivity index (χ1v) is 10.1. The molecule has 1 aliphatic rings. The van der Waals surface area contributed by atoms with E-state index in [9.17, 15) is 13.2 Å². The molecule has 144 valence electrons. The molecular formula is C19H23N3O4S. The molecule has 0 bridgehead atoms. The normalized spacial score (nSPS) is 15.0. The van der Waals surface area contributed by atoms with Crippen molar-refractivity contribution in [3.63, 3.8) is 0 Å². The summed E-state index contributed by atoms with van der Waals surface area (Å²) in [7, 11) is -0.677. The van der Waals surface area contributed by atoms with Crippen molar-refractivity contribution in [2.24, 2.45) is 0 Å². The second-order valence-corrected chi connectivity index (χ2v) is 8.57. The highest BCUT2D eigenvalue weighted by Gasteiger charge is 2.19. The fourth-order valence-corrected chi connectivity index (χ4v) is 3.76. The Hall–Kier alpha value is -2.42. The Balaban J connectivity index is 1.78. The molecule has 1 saturated heterocycles. The van der Waals surface area contributed by atoms with E-state index >= 15 is 0 Å². The Morgan fingerprint density at radius 1 is 1.07 bits per heavy atom. The molecule has 1 fully saturated rings. The molecule has 0 saturated carbocycles. The first kappa shape index (κ1) is 19.3. The van der Waals surface area contributed by atoms with Crippen LogP contribution in [0, 0.1) is 0 Å². The van der Waals surface area contributed by atoms with Gasteiger partial charge in [0.2, 0.25) is 10.0 Å². The number of nitrogens with zero attached hydrogens (tertiary/aromatic N) is 2. The van der Waals surface area contributed by atoms with Crippen molar-refractivity contribution in [1.29, 1.82) is 0 Å². The Bertz CT molecular complexity index is 922. The average Bonchev–Trinajstić information content (AvgIpc) is 2.69. The maximum Gasteiger partial charge on any atom is 0.255 e. The van der Waals surface area contributed by atoms with Gasteiger partial charge in [0.1, 0.15) is 0 Å². The molecule has 1 aliphatic heterocycles. The van der Waals surface area contributed by atoms with E-state index in [0.717, 1.165) is 23.1 Å². The van der Waals surface area contributed by atoms with E-state index < -0.39 is 10.0 Å². The van der Waals surface area contributed by atoms with Crippen molar-refractivity contribution in [1.82, 2.24) is 4.31 Å². The number of rotatable bonds is 5. The summed E-state index contributed by atoms with van der Waals surface area (Å²) in [6.45, 7) is 2.98. The summed E-state index contributed by atoms with van der Waals surface area (Å²) >= 11 is 0. The lowest BCUT2D eigenvalue weighted by Crippen LogP contribution is -2.36. The first-order chi connectivity index (χ1) is 12.9. The van der Waals surface area contributed by atoms with E-state index in [-0.39, 0.29) is 16.4 Å². The number of ether oxygens (including phenoxy) is 1. The summed E-state index contributed by atoms with van der Waals surface area (Å²) in [5.74, 6) is -0.357. The maximum absolute atomic E-state index is 12.6. The summed E-state index contributed by atoms with van der Waals surface area (Å²) < 4.78 is 31.0. The Labute approximate surface area is 159 Å². The van der Waals surface area contributed by atoms with Gasteiger partial charge in [-0.25, -0.2) is 12.7 Å². The van der Waals surface area contributed by atoms with E-state index in [1.165, 1.54) is 26.2 Å². The fourth-order valence-electron chi connectivity index (χ4n) is 2.81. The number of amides is 1. The lowest BCUT2D eigenvalue weighted by atomic mass is 10.2. The van der Waals surface area contributed by atoms with Gasteiger partial charge in [0.05, 0.1) is 18.1 Å². The number of benzene rings is 2. The minimum absolute atomic E-state index is 0.0854. The minimum atomic E-state index is -3.59. The van der Waals surface area contributed by atoms with Gasteiger partial charge in [-0.1, -0.05) is 12.1 Å². The zero-order valence-corrected chi connectivity index (χ0v) is 16.2. The standard InChI is InChI=1S/C19H23N3O4S/c1-21(2)27(24,25)18-8-3-5-15(13-18)19(23)20-16-6-4-7-17(14-16)22-9-11-26-12-10-22/h3-8,13-14H,9-12H2,1-2H3,(H,20,23). The molecule has 1 amide bonds. The second kappa shape index (κ2) is 8.08. The molecule has 0 aromatic heterocycles. The third-order valence-electron chi connectivity index (χ3n) is 4.36. The van der Waals surface area contributed by atoms with Gasteiger partial charge in [-0.15, -0.1) is 0 Å². The van der Waals surface area contributed by atoms with Gasteiger partial charge < -0.3 is 15.0 Å². The molecule has 0 aliphatic carbocycles. The van der Waals surface area contributed by atoms with Crippen LogP contribution in [-0.2, 0) is 14.8 Å². The van der Waals surface area contributed by atoms with Crippen molar-refractivity contribution < 1.29 is 17.9 Å². The predicted molar refractivity (Wildman–Crippen MR) is 105 cm³/mol. The highest BCUT2D eigenvalue weighted by molar-refractivity contribution is 7.89. The van der Waals surface area contributed by atoms with E-state index in [1.54, 1.807) is 12.1 Å². The largest absolute Gasteiger partial charge is 0.378 e. The van der Waals surface area contributed by atoms with Crippen LogP contribution in [0.15, 0.2) is 53.4 Å². The van der Waals surface area contributed by atoms with Gasteiger partial charge >= 0.3 is 0 Å². The quantitative estimate of drug-likeness (QED) is 0.847. The SMILES string of the molecule is CN(C)S(=O)(=O)c1cccc(C(=O)Nc2cccc(N3CCOCC3)c2)c1. The lowest BCUT2D eigenvalue weighted by molar-refractivity contribution is 0.102. The van der Waals surface area contributed by atoms with Crippen LogP contribution >= 0.6 is 0 Å². The van der Waals surface area contributed by atoms with Crippen molar-refractivity contribution >= 4 is 27.3 Å². The molecular weight excluding hydrogens is 366 g/mol. The Kier molecular flexibility index (Phi) is 5.79. The highest BCUT2D eigenvalue weighted by Crippen LogP contribution is 2.22. The fraction of sp³-hybridized carbons (Fsp3) is 0.316. The molecule has 2 aromatic carbocycles. The number of morpholine rings is 1. The summed E-state index contributed by atoms with van der Waals surface area (Å²) in [5, 5.41) is 2.84. The van der Waals surface area contributed by atoms with Crippen LogP contribution in [0.5, 0.6) is 0 Å².